The number of aromatic nitrogens is 2. The number of nitrogens with zero attached hydrogens (tertiary/aromatic N) is 1. The molecular weight excluding hydrogens is 307 g/mol. The van der Waals surface area contributed by atoms with Gasteiger partial charge in [0.15, 0.2) is 5.69 Å². The van der Waals surface area contributed by atoms with Gasteiger partial charge in [-0.2, -0.15) is 0 Å². The minimum atomic E-state index is -0.463. The van der Waals surface area contributed by atoms with Gasteiger partial charge in [0.1, 0.15) is 11.0 Å². The first-order valence-electron chi connectivity index (χ1n) is 5.66. The van der Waals surface area contributed by atoms with Gasteiger partial charge in [0, 0.05) is 11.8 Å². The molecular formula is C11H16BrClN2O2. The lowest BCUT2D eigenvalue weighted by atomic mass is 10.2. The second-order valence-corrected chi connectivity index (χ2v) is 4.80. The van der Waals surface area contributed by atoms with Gasteiger partial charge in [0.25, 0.3) is 0 Å². The van der Waals surface area contributed by atoms with Crippen LogP contribution in [-0.4, -0.2) is 27.9 Å². The van der Waals surface area contributed by atoms with Gasteiger partial charge in [0.2, 0.25) is 0 Å². The molecule has 1 heterocycles. The van der Waals surface area contributed by atoms with Crippen LogP contribution in [0.25, 0.3) is 0 Å². The molecule has 0 saturated carbocycles. The van der Waals surface area contributed by atoms with Crippen LogP contribution in [0.2, 0.25) is 5.15 Å². The third-order valence-electron chi connectivity index (χ3n) is 2.18. The van der Waals surface area contributed by atoms with Crippen LogP contribution in [-0.2, 0) is 11.2 Å². The van der Waals surface area contributed by atoms with Crippen molar-refractivity contribution in [3.8, 4) is 0 Å². The van der Waals surface area contributed by atoms with Crippen LogP contribution >= 0.6 is 27.5 Å². The Kier molecular flexibility index (Phi) is 6.58. The Hall–Kier alpha value is -0.550. The van der Waals surface area contributed by atoms with E-state index in [4.69, 9.17) is 16.3 Å². The fourth-order valence-corrected chi connectivity index (χ4v) is 1.74. The van der Waals surface area contributed by atoms with E-state index in [-0.39, 0.29) is 10.8 Å². The number of hydrogen-bond acceptors (Lipinski definition) is 3. The quantitative estimate of drug-likeness (QED) is 0.475. The van der Waals surface area contributed by atoms with Gasteiger partial charge in [-0.05, 0) is 12.8 Å². The van der Waals surface area contributed by atoms with Gasteiger partial charge in [0.05, 0.1) is 6.61 Å². The second kappa shape index (κ2) is 7.71. The topological polar surface area (TPSA) is 55.0 Å². The van der Waals surface area contributed by atoms with E-state index in [0.29, 0.717) is 6.61 Å². The number of halogens is 2. The number of alkyl halides is 1. The standard InChI is InChI=1S/C11H16BrClN2O2/c1-2-3-5-8-14-9(10(13)15-8)11(16)17-7-4-6-12/h2-7H2,1H3,(H,14,15). The number of carbonyl (C=O) groups is 1. The number of rotatable bonds is 7. The summed E-state index contributed by atoms with van der Waals surface area (Å²) in [4.78, 5) is 18.7. The van der Waals surface area contributed by atoms with E-state index >= 15 is 0 Å². The van der Waals surface area contributed by atoms with Crippen LogP contribution in [0.1, 0.15) is 42.5 Å². The van der Waals surface area contributed by atoms with Crippen molar-refractivity contribution in [1.82, 2.24) is 9.97 Å². The van der Waals surface area contributed by atoms with Crippen molar-refractivity contribution in [2.75, 3.05) is 11.9 Å². The average Bonchev–Trinajstić information content (AvgIpc) is 2.68. The van der Waals surface area contributed by atoms with Crippen molar-refractivity contribution >= 4 is 33.5 Å². The zero-order valence-corrected chi connectivity index (χ0v) is 12.1. The number of ether oxygens (including phenoxy) is 1. The number of nitrogens with one attached hydrogen (secondary N) is 1. The molecule has 96 valence electrons. The van der Waals surface area contributed by atoms with Crippen molar-refractivity contribution in [2.24, 2.45) is 0 Å². The number of H-pyrrole nitrogens is 1. The first kappa shape index (κ1) is 14.5. The lowest BCUT2D eigenvalue weighted by Gasteiger charge is -2.00. The van der Waals surface area contributed by atoms with Gasteiger partial charge in [-0.25, -0.2) is 9.78 Å². The Bertz CT molecular complexity index is 368. The smallest absolute Gasteiger partial charge is 0.360 e. The summed E-state index contributed by atoms with van der Waals surface area (Å²) in [7, 11) is 0. The summed E-state index contributed by atoms with van der Waals surface area (Å²) < 4.78 is 5.03. The molecule has 1 N–H and O–H groups in total. The highest BCUT2D eigenvalue weighted by atomic mass is 79.9. The Morgan fingerprint density at radius 3 is 2.94 bits per heavy atom. The maximum atomic E-state index is 11.6. The molecule has 17 heavy (non-hydrogen) atoms. The molecule has 0 amide bonds. The van der Waals surface area contributed by atoms with E-state index in [2.05, 4.69) is 32.8 Å². The van der Waals surface area contributed by atoms with Gasteiger partial charge >= 0.3 is 5.97 Å². The molecule has 4 nitrogen and oxygen atoms in total. The largest absolute Gasteiger partial charge is 0.461 e. The number of aryl methyl sites for hydroxylation is 1. The minimum absolute atomic E-state index is 0.187. The number of hydrogen-bond donors (Lipinski definition) is 1. The maximum Gasteiger partial charge on any atom is 0.360 e. The molecule has 0 aliphatic heterocycles. The van der Waals surface area contributed by atoms with Crippen LogP contribution in [0.3, 0.4) is 0 Å². The molecule has 0 unspecified atom stereocenters. The summed E-state index contributed by atoms with van der Waals surface area (Å²) in [6, 6.07) is 0. The highest BCUT2D eigenvalue weighted by Crippen LogP contribution is 2.15. The Labute approximate surface area is 114 Å². The van der Waals surface area contributed by atoms with E-state index in [1.54, 1.807) is 0 Å². The van der Waals surface area contributed by atoms with Crippen LogP contribution in [0.4, 0.5) is 0 Å². The van der Waals surface area contributed by atoms with E-state index in [1.165, 1.54) is 0 Å². The minimum Gasteiger partial charge on any atom is -0.461 e. The highest BCUT2D eigenvalue weighted by molar-refractivity contribution is 9.09. The maximum absolute atomic E-state index is 11.6. The summed E-state index contributed by atoms with van der Waals surface area (Å²) >= 11 is 9.17. The number of imidazole rings is 1. The highest BCUT2D eigenvalue weighted by Gasteiger charge is 2.17. The van der Waals surface area contributed by atoms with Crippen molar-refractivity contribution < 1.29 is 9.53 Å². The number of unbranched alkanes of at least 4 members (excludes halogenated alkanes) is 1. The predicted molar refractivity (Wildman–Crippen MR) is 70.9 cm³/mol. The van der Waals surface area contributed by atoms with Crippen molar-refractivity contribution in [3.63, 3.8) is 0 Å². The van der Waals surface area contributed by atoms with Crippen molar-refractivity contribution in [3.05, 3.63) is 16.7 Å². The molecule has 1 aromatic rings. The molecule has 1 rings (SSSR count). The van der Waals surface area contributed by atoms with E-state index in [1.807, 2.05) is 0 Å². The van der Waals surface area contributed by atoms with Gasteiger partial charge in [-0.3, -0.25) is 0 Å². The molecule has 0 aromatic carbocycles. The Morgan fingerprint density at radius 2 is 2.29 bits per heavy atom. The molecule has 0 radical (unpaired) electrons. The van der Waals surface area contributed by atoms with Crippen molar-refractivity contribution in [1.29, 1.82) is 0 Å². The van der Waals surface area contributed by atoms with Crippen LogP contribution in [0.5, 0.6) is 0 Å². The third-order valence-corrected chi connectivity index (χ3v) is 3.01. The Balaban J connectivity index is 2.57. The van der Waals surface area contributed by atoms with Crippen LogP contribution in [0.15, 0.2) is 0 Å². The third kappa shape index (κ3) is 4.68. The monoisotopic (exact) mass is 322 g/mol. The van der Waals surface area contributed by atoms with E-state index in [0.717, 1.165) is 36.8 Å². The Morgan fingerprint density at radius 1 is 1.53 bits per heavy atom. The number of aromatic amines is 1. The predicted octanol–water partition coefficient (Wildman–Crippen LogP) is 3.35. The summed E-state index contributed by atoms with van der Waals surface area (Å²) in [5, 5.41) is 1.07. The SMILES string of the molecule is CCCCc1nc(C(=O)OCCCBr)c(Cl)[nH]1. The summed E-state index contributed by atoms with van der Waals surface area (Å²) in [5.74, 6) is 0.277. The molecule has 0 saturated heterocycles. The van der Waals surface area contributed by atoms with E-state index < -0.39 is 5.97 Å². The summed E-state index contributed by atoms with van der Waals surface area (Å²) in [6.45, 7) is 2.47. The van der Waals surface area contributed by atoms with Crippen molar-refractivity contribution in [2.45, 2.75) is 32.6 Å². The fraction of sp³-hybridized carbons (Fsp3) is 0.636. The lowest BCUT2D eigenvalue weighted by Crippen LogP contribution is -2.08. The summed E-state index contributed by atoms with van der Waals surface area (Å²) in [6.07, 6.45) is 3.66. The van der Waals surface area contributed by atoms with E-state index in [9.17, 15) is 4.79 Å². The summed E-state index contributed by atoms with van der Waals surface area (Å²) in [5.41, 5.74) is 0.187. The second-order valence-electron chi connectivity index (χ2n) is 3.63. The molecule has 0 aliphatic carbocycles. The number of esters is 1. The normalized spacial score (nSPS) is 10.5. The molecule has 0 bridgehead atoms. The van der Waals surface area contributed by atoms with Gasteiger partial charge in [-0.1, -0.05) is 40.9 Å². The number of carbonyl (C=O) groups excluding carboxylic acids is 1. The average molecular weight is 324 g/mol. The molecule has 0 spiro atoms. The zero-order valence-electron chi connectivity index (χ0n) is 9.76. The molecule has 6 heteroatoms. The first-order valence-corrected chi connectivity index (χ1v) is 7.16. The fourth-order valence-electron chi connectivity index (χ4n) is 1.28. The molecule has 0 aliphatic rings. The molecule has 0 fully saturated rings. The molecule has 1 aromatic heterocycles. The molecule has 0 atom stereocenters. The lowest BCUT2D eigenvalue weighted by molar-refractivity contribution is 0.0500. The first-order chi connectivity index (χ1) is 8.19. The zero-order chi connectivity index (χ0) is 12.7. The van der Waals surface area contributed by atoms with Crippen LogP contribution in [0, 0.1) is 0 Å². The van der Waals surface area contributed by atoms with Gasteiger partial charge < -0.3 is 9.72 Å². The van der Waals surface area contributed by atoms with Gasteiger partial charge in [-0.15, -0.1) is 0 Å². The van der Waals surface area contributed by atoms with Crippen LogP contribution < -0.4 is 0 Å².